The first-order valence-electron chi connectivity index (χ1n) is 7.74. The van der Waals surface area contributed by atoms with E-state index in [1.807, 2.05) is 32.0 Å². The van der Waals surface area contributed by atoms with E-state index in [0.717, 1.165) is 16.7 Å². The summed E-state index contributed by atoms with van der Waals surface area (Å²) in [6.07, 6.45) is -2.71. The molecule has 4 atom stereocenters. The Labute approximate surface area is 139 Å². The fraction of sp³-hybridized carbons (Fsp3) is 0.529. The highest BCUT2D eigenvalue weighted by molar-refractivity contribution is 5.33. The number of hydrogen-bond donors (Lipinski definition) is 4. The van der Waals surface area contributed by atoms with Gasteiger partial charge in [-0.3, -0.25) is 0 Å². The Morgan fingerprint density at radius 1 is 1.12 bits per heavy atom. The Kier molecular flexibility index (Phi) is 6.42. The molecule has 134 valence electrons. The summed E-state index contributed by atoms with van der Waals surface area (Å²) in [7, 11) is 0. The van der Waals surface area contributed by atoms with E-state index in [1.54, 1.807) is 0 Å². The minimum absolute atomic E-state index is 0.118. The van der Waals surface area contributed by atoms with E-state index >= 15 is 0 Å². The lowest BCUT2D eigenvalue weighted by atomic mass is 9.88. The molecule has 1 aliphatic carbocycles. The molecule has 0 bridgehead atoms. The zero-order valence-electron chi connectivity index (χ0n) is 13.6. The quantitative estimate of drug-likeness (QED) is 0.580. The Balaban J connectivity index is 2.12. The topological polar surface area (TPSA) is 82.0 Å². The monoisotopic (exact) mass is 343 g/mol. The Bertz CT molecular complexity index is 574. The van der Waals surface area contributed by atoms with Crippen molar-refractivity contribution in [2.24, 2.45) is 0 Å². The maximum Gasteiger partial charge on any atom is 0.345 e. The van der Waals surface area contributed by atoms with Crippen molar-refractivity contribution in [2.45, 2.75) is 51.4 Å². The Morgan fingerprint density at radius 2 is 1.75 bits per heavy atom. The molecule has 2 rings (SSSR count). The van der Waals surface area contributed by atoms with Crippen LogP contribution in [0.15, 0.2) is 29.8 Å². The molecular weight excluding hydrogens is 320 g/mol. The lowest BCUT2D eigenvalue weighted by Crippen LogP contribution is -2.54. The molecule has 0 fully saturated rings. The zero-order chi connectivity index (χ0) is 17.9. The van der Waals surface area contributed by atoms with Gasteiger partial charge in [-0.1, -0.05) is 24.3 Å². The van der Waals surface area contributed by atoms with Gasteiger partial charge in [0.25, 0.3) is 0 Å². The van der Waals surface area contributed by atoms with Crippen LogP contribution < -0.4 is 5.32 Å². The maximum absolute atomic E-state index is 12.2. The number of aliphatic hydroxyl groups is 3. The van der Waals surface area contributed by atoms with E-state index < -0.39 is 37.6 Å². The summed E-state index contributed by atoms with van der Waals surface area (Å²) in [5.41, 5.74) is 3.34. The fourth-order valence-electron chi connectivity index (χ4n) is 2.87. The Morgan fingerprint density at radius 3 is 2.33 bits per heavy atom. The summed E-state index contributed by atoms with van der Waals surface area (Å²) in [4.78, 5) is 0. The van der Waals surface area contributed by atoms with E-state index in [1.165, 1.54) is 6.08 Å². The summed E-state index contributed by atoms with van der Waals surface area (Å²) in [6, 6.07) is 5.21. The molecule has 7 heteroatoms. The molecule has 0 saturated carbocycles. The summed E-state index contributed by atoms with van der Waals surface area (Å²) < 4.78 is 28.6. The SMILES string of the molecule is Cc1cccc(C)c1CN[C@@H]1C=C(COC(F)F)[C@H](O)[C@H](O)[C@H]1O. The van der Waals surface area contributed by atoms with Crippen LogP contribution >= 0.6 is 0 Å². The number of ether oxygens (including phenoxy) is 1. The zero-order valence-corrected chi connectivity index (χ0v) is 13.6. The molecule has 0 radical (unpaired) electrons. The first kappa shape index (κ1) is 19.0. The van der Waals surface area contributed by atoms with Crippen LogP contribution in [0.3, 0.4) is 0 Å². The van der Waals surface area contributed by atoms with Crippen molar-refractivity contribution in [1.82, 2.24) is 5.32 Å². The van der Waals surface area contributed by atoms with Gasteiger partial charge in [-0.2, -0.15) is 8.78 Å². The van der Waals surface area contributed by atoms with Gasteiger partial charge in [-0.05, 0) is 36.1 Å². The van der Waals surface area contributed by atoms with Gasteiger partial charge >= 0.3 is 6.61 Å². The van der Waals surface area contributed by atoms with Gasteiger partial charge in [0.2, 0.25) is 0 Å². The molecule has 0 heterocycles. The fourth-order valence-corrected chi connectivity index (χ4v) is 2.87. The van der Waals surface area contributed by atoms with E-state index in [4.69, 9.17) is 0 Å². The molecule has 4 N–H and O–H groups in total. The molecule has 1 aromatic rings. The van der Waals surface area contributed by atoms with Crippen molar-refractivity contribution in [3.05, 3.63) is 46.5 Å². The number of aryl methyl sites for hydroxylation is 2. The lowest BCUT2D eigenvalue weighted by molar-refractivity contribution is -0.129. The first-order chi connectivity index (χ1) is 11.3. The number of benzene rings is 1. The highest BCUT2D eigenvalue weighted by atomic mass is 19.3. The van der Waals surface area contributed by atoms with Gasteiger partial charge < -0.3 is 25.4 Å². The van der Waals surface area contributed by atoms with Crippen LogP contribution in [0, 0.1) is 13.8 Å². The van der Waals surface area contributed by atoms with Crippen molar-refractivity contribution in [2.75, 3.05) is 6.61 Å². The van der Waals surface area contributed by atoms with Crippen LogP contribution in [0.5, 0.6) is 0 Å². The van der Waals surface area contributed by atoms with E-state index in [-0.39, 0.29) is 5.57 Å². The van der Waals surface area contributed by atoms with Gasteiger partial charge in [0.05, 0.1) is 12.6 Å². The number of alkyl halides is 2. The highest BCUT2D eigenvalue weighted by Crippen LogP contribution is 2.22. The van der Waals surface area contributed by atoms with Crippen molar-refractivity contribution in [1.29, 1.82) is 0 Å². The summed E-state index contributed by atoms with van der Waals surface area (Å²) in [6.45, 7) is 0.894. The van der Waals surface area contributed by atoms with E-state index in [2.05, 4.69) is 10.1 Å². The number of aliphatic hydroxyl groups excluding tert-OH is 3. The minimum atomic E-state index is -2.97. The number of rotatable bonds is 6. The molecule has 0 unspecified atom stereocenters. The second-order valence-corrected chi connectivity index (χ2v) is 6.02. The highest BCUT2D eigenvalue weighted by Gasteiger charge is 2.37. The second kappa shape index (κ2) is 8.13. The molecule has 1 aromatic carbocycles. The maximum atomic E-state index is 12.2. The molecule has 0 aromatic heterocycles. The van der Waals surface area contributed by atoms with Crippen LogP contribution in [0.1, 0.15) is 16.7 Å². The lowest BCUT2D eigenvalue weighted by Gasteiger charge is -2.35. The molecule has 0 spiro atoms. The molecule has 5 nitrogen and oxygen atoms in total. The largest absolute Gasteiger partial charge is 0.388 e. The Hall–Kier alpha value is -1.38. The molecular formula is C17H23F2NO4. The summed E-state index contributed by atoms with van der Waals surface area (Å²) in [5, 5.41) is 33.0. The van der Waals surface area contributed by atoms with Gasteiger partial charge in [-0.15, -0.1) is 0 Å². The predicted octanol–water partition coefficient (Wildman–Crippen LogP) is 1.02. The second-order valence-electron chi connectivity index (χ2n) is 6.02. The smallest absolute Gasteiger partial charge is 0.345 e. The van der Waals surface area contributed by atoms with Gasteiger partial charge in [0.1, 0.15) is 18.3 Å². The first-order valence-corrected chi connectivity index (χ1v) is 7.74. The van der Waals surface area contributed by atoms with Gasteiger partial charge in [0.15, 0.2) is 0 Å². The standard InChI is InChI=1S/C17H23F2NO4/c1-9-4-3-5-10(2)12(9)7-20-13-6-11(8-24-17(18)19)14(21)16(23)15(13)22/h3-6,13-17,20-23H,7-8H2,1-2H3/t13-,14+,15+,16+/m1/s1. The van der Waals surface area contributed by atoms with Crippen molar-refractivity contribution >= 4 is 0 Å². The molecule has 0 aliphatic heterocycles. The third-order valence-corrected chi connectivity index (χ3v) is 4.35. The average Bonchev–Trinajstić information content (AvgIpc) is 2.53. The van der Waals surface area contributed by atoms with Gasteiger partial charge in [0, 0.05) is 6.54 Å². The van der Waals surface area contributed by atoms with E-state index in [0.29, 0.717) is 6.54 Å². The van der Waals surface area contributed by atoms with Crippen LogP contribution in [-0.4, -0.2) is 52.9 Å². The predicted molar refractivity (Wildman–Crippen MR) is 84.6 cm³/mol. The van der Waals surface area contributed by atoms with Gasteiger partial charge in [-0.25, -0.2) is 0 Å². The van der Waals surface area contributed by atoms with Crippen molar-refractivity contribution < 1.29 is 28.8 Å². The van der Waals surface area contributed by atoms with Crippen LogP contribution in [-0.2, 0) is 11.3 Å². The number of hydrogen-bond acceptors (Lipinski definition) is 5. The van der Waals surface area contributed by atoms with Crippen LogP contribution in [0.2, 0.25) is 0 Å². The molecule has 0 amide bonds. The minimum Gasteiger partial charge on any atom is -0.388 e. The molecule has 24 heavy (non-hydrogen) atoms. The normalized spacial score (nSPS) is 27.4. The van der Waals surface area contributed by atoms with Crippen LogP contribution in [0.25, 0.3) is 0 Å². The van der Waals surface area contributed by atoms with Crippen molar-refractivity contribution in [3.63, 3.8) is 0 Å². The average molecular weight is 343 g/mol. The third kappa shape index (κ3) is 4.37. The molecule has 1 aliphatic rings. The van der Waals surface area contributed by atoms with E-state index in [9.17, 15) is 24.1 Å². The summed E-state index contributed by atoms with van der Waals surface area (Å²) in [5.74, 6) is 0. The van der Waals surface area contributed by atoms with Crippen LogP contribution in [0.4, 0.5) is 8.78 Å². The van der Waals surface area contributed by atoms with Crippen molar-refractivity contribution in [3.8, 4) is 0 Å². The number of nitrogens with one attached hydrogen (secondary N) is 1. The number of halogens is 2. The third-order valence-electron chi connectivity index (χ3n) is 4.35. The molecule has 0 saturated heterocycles. The summed E-state index contributed by atoms with van der Waals surface area (Å²) >= 11 is 0.